The summed E-state index contributed by atoms with van der Waals surface area (Å²) in [6, 6.07) is 0.298. The van der Waals surface area contributed by atoms with Gasteiger partial charge in [-0.1, -0.05) is 19.3 Å². The Morgan fingerprint density at radius 1 is 1.19 bits per heavy atom. The average Bonchev–Trinajstić information content (AvgIpc) is 2.96. The van der Waals surface area contributed by atoms with Crippen LogP contribution >= 0.6 is 0 Å². The lowest BCUT2D eigenvalue weighted by molar-refractivity contribution is -0.149. The van der Waals surface area contributed by atoms with Gasteiger partial charge in [-0.15, -0.1) is 0 Å². The van der Waals surface area contributed by atoms with Crippen molar-refractivity contribution in [2.45, 2.75) is 70.1 Å². The summed E-state index contributed by atoms with van der Waals surface area (Å²) in [7, 11) is 0. The average molecular weight is 298 g/mol. The van der Waals surface area contributed by atoms with Crippen molar-refractivity contribution >= 4 is 12.0 Å². The molecule has 2 rings (SSSR count). The van der Waals surface area contributed by atoms with Gasteiger partial charge >= 0.3 is 12.0 Å². The lowest BCUT2D eigenvalue weighted by Crippen LogP contribution is -2.48. The molecule has 6 nitrogen and oxygen atoms in total. The second-order valence-electron chi connectivity index (χ2n) is 5.93. The van der Waals surface area contributed by atoms with Crippen LogP contribution in [0, 0.1) is 0 Å². The number of carbonyl (C=O) groups is 2. The number of hydrogen-bond donors (Lipinski definition) is 2. The Kier molecular flexibility index (Phi) is 5.85. The van der Waals surface area contributed by atoms with Gasteiger partial charge in [0.25, 0.3) is 0 Å². The summed E-state index contributed by atoms with van der Waals surface area (Å²) in [5.74, 6) is -0.916. The first-order valence-electron chi connectivity index (χ1n) is 8.04. The Hall–Kier alpha value is -1.30. The van der Waals surface area contributed by atoms with Crippen molar-refractivity contribution < 1.29 is 19.4 Å². The van der Waals surface area contributed by atoms with Crippen molar-refractivity contribution in [3.63, 3.8) is 0 Å². The lowest BCUT2D eigenvalue weighted by atomic mass is 9.94. The van der Waals surface area contributed by atoms with Crippen LogP contribution in [0.25, 0.3) is 0 Å². The zero-order valence-corrected chi connectivity index (χ0v) is 12.7. The Morgan fingerprint density at radius 2 is 1.90 bits per heavy atom. The van der Waals surface area contributed by atoms with Gasteiger partial charge in [-0.2, -0.15) is 0 Å². The molecule has 1 saturated heterocycles. The van der Waals surface area contributed by atoms with Gasteiger partial charge in [0.05, 0.1) is 6.10 Å². The highest BCUT2D eigenvalue weighted by molar-refractivity contribution is 5.74. The molecule has 2 atom stereocenters. The maximum absolute atomic E-state index is 12.3. The minimum Gasteiger partial charge on any atom is -0.479 e. The van der Waals surface area contributed by atoms with Crippen LogP contribution < -0.4 is 5.32 Å². The van der Waals surface area contributed by atoms with Crippen LogP contribution in [0.4, 0.5) is 4.79 Å². The van der Waals surface area contributed by atoms with Crippen LogP contribution in [-0.2, 0) is 9.53 Å². The molecule has 0 aromatic rings. The molecule has 0 radical (unpaired) electrons. The van der Waals surface area contributed by atoms with Crippen LogP contribution in [-0.4, -0.2) is 53.3 Å². The molecule has 0 aromatic heterocycles. The first kappa shape index (κ1) is 16.1. The minimum atomic E-state index is -0.916. The number of carboxylic acid groups (broad SMARTS) is 1. The van der Waals surface area contributed by atoms with Gasteiger partial charge in [-0.3, -0.25) is 0 Å². The first-order valence-corrected chi connectivity index (χ1v) is 8.04. The van der Waals surface area contributed by atoms with E-state index in [9.17, 15) is 9.59 Å². The van der Waals surface area contributed by atoms with E-state index in [1.165, 1.54) is 19.3 Å². The predicted molar refractivity (Wildman–Crippen MR) is 78.2 cm³/mol. The van der Waals surface area contributed by atoms with E-state index in [0.29, 0.717) is 32.0 Å². The third-order valence-corrected chi connectivity index (χ3v) is 4.48. The summed E-state index contributed by atoms with van der Waals surface area (Å²) in [4.78, 5) is 25.0. The molecule has 2 N–H and O–H groups in total. The normalized spacial score (nSPS) is 26.5. The van der Waals surface area contributed by atoms with Crippen molar-refractivity contribution in [3.8, 4) is 0 Å². The van der Waals surface area contributed by atoms with Gasteiger partial charge in [0.2, 0.25) is 0 Å². The summed E-state index contributed by atoms with van der Waals surface area (Å²) >= 11 is 0. The van der Waals surface area contributed by atoms with Crippen LogP contribution in [0.3, 0.4) is 0 Å². The predicted octanol–water partition coefficient (Wildman–Crippen LogP) is 1.98. The molecule has 2 unspecified atom stereocenters. The van der Waals surface area contributed by atoms with Crippen LogP contribution in [0.15, 0.2) is 0 Å². The molecule has 1 aliphatic heterocycles. The zero-order chi connectivity index (χ0) is 15.2. The number of rotatable bonds is 5. The van der Waals surface area contributed by atoms with E-state index in [2.05, 4.69) is 5.32 Å². The fraction of sp³-hybridized carbons (Fsp3) is 0.867. The number of carbonyl (C=O) groups excluding carboxylic acids is 1. The quantitative estimate of drug-likeness (QED) is 0.813. The molecule has 1 saturated carbocycles. The largest absolute Gasteiger partial charge is 0.479 e. The summed E-state index contributed by atoms with van der Waals surface area (Å²) < 4.78 is 5.40. The molecular formula is C15H26N2O4. The molecule has 6 heteroatoms. The molecule has 120 valence electrons. The van der Waals surface area contributed by atoms with Gasteiger partial charge in [-0.05, 0) is 32.6 Å². The van der Waals surface area contributed by atoms with Crippen LogP contribution in [0.2, 0.25) is 0 Å². The zero-order valence-electron chi connectivity index (χ0n) is 12.7. The number of ether oxygens (including phenoxy) is 1. The van der Waals surface area contributed by atoms with E-state index < -0.39 is 12.1 Å². The van der Waals surface area contributed by atoms with Crippen molar-refractivity contribution in [2.24, 2.45) is 0 Å². The number of hydrogen-bond acceptors (Lipinski definition) is 3. The first-order chi connectivity index (χ1) is 10.1. The molecular weight excluding hydrogens is 272 g/mol. The van der Waals surface area contributed by atoms with E-state index in [0.717, 1.165) is 12.8 Å². The highest BCUT2D eigenvalue weighted by Crippen LogP contribution is 2.23. The Labute approximate surface area is 125 Å². The van der Waals surface area contributed by atoms with Gasteiger partial charge < -0.3 is 20.1 Å². The van der Waals surface area contributed by atoms with Gasteiger partial charge in [0, 0.05) is 19.1 Å². The van der Waals surface area contributed by atoms with Crippen molar-refractivity contribution in [1.82, 2.24) is 10.2 Å². The maximum Gasteiger partial charge on any atom is 0.332 e. The van der Waals surface area contributed by atoms with Gasteiger partial charge in [0.15, 0.2) is 6.10 Å². The van der Waals surface area contributed by atoms with Crippen LogP contribution in [0.1, 0.15) is 51.9 Å². The summed E-state index contributed by atoms with van der Waals surface area (Å²) in [6.07, 6.45) is 6.14. The molecule has 0 spiro atoms. The van der Waals surface area contributed by atoms with Gasteiger partial charge in [0.1, 0.15) is 0 Å². The lowest BCUT2D eigenvalue weighted by Gasteiger charge is -2.33. The Balaban J connectivity index is 1.76. The molecule has 2 fully saturated rings. The summed E-state index contributed by atoms with van der Waals surface area (Å²) in [5, 5.41) is 11.8. The second kappa shape index (κ2) is 7.64. The number of amides is 2. The van der Waals surface area contributed by atoms with Crippen LogP contribution in [0.5, 0.6) is 0 Å². The molecule has 2 amide bonds. The molecule has 1 heterocycles. The van der Waals surface area contributed by atoms with E-state index in [1.807, 2.05) is 11.8 Å². The third-order valence-electron chi connectivity index (χ3n) is 4.48. The maximum atomic E-state index is 12.3. The topological polar surface area (TPSA) is 78.9 Å². The third kappa shape index (κ3) is 4.33. The molecule has 21 heavy (non-hydrogen) atoms. The number of aliphatic carboxylic acids is 1. The van der Waals surface area contributed by atoms with E-state index in [4.69, 9.17) is 9.84 Å². The SMILES string of the molecule is CCN(C(=O)NCC1CCC(C(=O)O)O1)C1CCCCC1. The summed E-state index contributed by atoms with van der Waals surface area (Å²) in [6.45, 7) is 3.10. The van der Waals surface area contributed by atoms with Crippen molar-refractivity contribution in [2.75, 3.05) is 13.1 Å². The summed E-state index contributed by atoms with van der Waals surface area (Å²) in [5.41, 5.74) is 0. The van der Waals surface area contributed by atoms with Gasteiger partial charge in [-0.25, -0.2) is 9.59 Å². The molecule has 0 bridgehead atoms. The van der Waals surface area contributed by atoms with E-state index in [1.54, 1.807) is 0 Å². The molecule has 2 aliphatic rings. The van der Waals surface area contributed by atoms with Crippen molar-refractivity contribution in [3.05, 3.63) is 0 Å². The highest BCUT2D eigenvalue weighted by Gasteiger charge is 2.31. The second-order valence-corrected chi connectivity index (χ2v) is 5.93. The smallest absolute Gasteiger partial charge is 0.332 e. The number of nitrogens with one attached hydrogen (secondary N) is 1. The molecule has 1 aliphatic carbocycles. The fourth-order valence-corrected chi connectivity index (χ4v) is 3.30. The van der Waals surface area contributed by atoms with E-state index >= 15 is 0 Å². The van der Waals surface area contributed by atoms with E-state index in [-0.39, 0.29) is 12.1 Å². The molecule has 0 aromatic carbocycles. The number of carboxylic acids is 1. The minimum absolute atomic E-state index is 0.0493. The Morgan fingerprint density at radius 3 is 2.48 bits per heavy atom. The monoisotopic (exact) mass is 298 g/mol. The van der Waals surface area contributed by atoms with Crippen molar-refractivity contribution in [1.29, 1.82) is 0 Å². The standard InChI is InChI=1S/C15H26N2O4/c1-2-17(11-6-4-3-5-7-11)15(20)16-10-12-8-9-13(21-12)14(18)19/h11-13H,2-10H2,1H3,(H,16,20)(H,18,19). The highest BCUT2D eigenvalue weighted by atomic mass is 16.5. The number of nitrogens with zero attached hydrogens (tertiary/aromatic N) is 1. The Bertz CT molecular complexity index is 369. The number of urea groups is 1. The fourth-order valence-electron chi connectivity index (χ4n) is 3.30.